The van der Waals surface area contributed by atoms with Gasteiger partial charge < -0.3 is 10.0 Å². The van der Waals surface area contributed by atoms with Gasteiger partial charge in [0, 0.05) is 25.4 Å². The Morgan fingerprint density at radius 1 is 1.43 bits per heavy atom. The van der Waals surface area contributed by atoms with Crippen LogP contribution in [0.3, 0.4) is 0 Å². The molecular formula is C13H18N2O5S. The zero-order valence-electron chi connectivity index (χ0n) is 11.9. The van der Waals surface area contributed by atoms with Crippen molar-refractivity contribution in [1.29, 1.82) is 0 Å². The number of nitro benzene ring substituents is 1. The molecule has 0 aromatic heterocycles. The summed E-state index contributed by atoms with van der Waals surface area (Å²) in [6.45, 7) is 2.57. The lowest BCUT2D eigenvalue weighted by Gasteiger charge is -2.37. The summed E-state index contributed by atoms with van der Waals surface area (Å²) in [6.07, 6.45) is 2.37. The maximum Gasteiger partial charge on any atom is 0.293 e. The monoisotopic (exact) mass is 314 g/mol. The summed E-state index contributed by atoms with van der Waals surface area (Å²) in [7, 11) is -3.50. The van der Waals surface area contributed by atoms with Crippen LogP contribution in [-0.4, -0.2) is 43.4 Å². The number of piperidine rings is 1. The fraction of sp³-hybridized carbons (Fsp3) is 0.538. The molecule has 1 aliphatic heterocycles. The Hall–Kier alpha value is -1.67. The van der Waals surface area contributed by atoms with Gasteiger partial charge in [0.25, 0.3) is 5.69 Å². The van der Waals surface area contributed by atoms with Crippen molar-refractivity contribution in [2.75, 3.05) is 24.2 Å². The van der Waals surface area contributed by atoms with Crippen molar-refractivity contribution in [2.45, 2.75) is 30.3 Å². The number of sulfone groups is 1. The largest absolute Gasteiger partial charge is 0.388 e. The maximum absolute atomic E-state index is 11.5. The van der Waals surface area contributed by atoms with Crippen LogP contribution in [0.1, 0.15) is 19.8 Å². The summed E-state index contributed by atoms with van der Waals surface area (Å²) in [5.41, 5.74) is -0.815. The highest BCUT2D eigenvalue weighted by Crippen LogP contribution is 2.34. The third kappa shape index (κ3) is 3.51. The van der Waals surface area contributed by atoms with Crippen molar-refractivity contribution in [1.82, 2.24) is 0 Å². The topological polar surface area (TPSA) is 101 Å². The highest BCUT2D eigenvalue weighted by atomic mass is 32.2. The fourth-order valence-corrected chi connectivity index (χ4v) is 3.21. The molecule has 7 nitrogen and oxygen atoms in total. The van der Waals surface area contributed by atoms with Crippen molar-refractivity contribution in [3.05, 3.63) is 28.3 Å². The molecule has 0 aliphatic carbocycles. The zero-order chi connectivity index (χ0) is 15.8. The molecule has 0 radical (unpaired) electrons. The molecule has 1 N–H and O–H groups in total. The summed E-state index contributed by atoms with van der Waals surface area (Å²) in [5, 5.41) is 21.3. The van der Waals surface area contributed by atoms with Crippen LogP contribution in [0.15, 0.2) is 23.1 Å². The van der Waals surface area contributed by atoms with Gasteiger partial charge in [0.1, 0.15) is 5.69 Å². The normalized spacial score (nSPS) is 23.1. The van der Waals surface area contributed by atoms with Gasteiger partial charge in [-0.1, -0.05) is 0 Å². The van der Waals surface area contributed by atoms with E-state index in [-0.39, 0.29) is 17.1 Å². The molecule has 1 aromatic rings. The smallest absolute Gasteiger partial charge is 0.293 e. The van der Waals surface area contributed by atoms with Crippen molar-refractivity contribution in [3.8, 4) is 0 Å². The third-order valence-electron chi connectivity index (χ3n) is 3.59. The Labute approximate surface area is 123 Å². The predicted octanol–water partition coefficient (Wildman–Crippen LogP) is 1.35. The summed E-state index contributed by atoms with van der Waals surface area (Å²) >= 11 is 0. The number of nitro groups is 1. The standard InChI is InChI=1S/C13H18N2O5S/c1-13(16)6-3-7-14(9-13)11-5-4-10(21(2,19)20)8-12(11)15(17)18/h4-5,8,16H,3,6-7,9H2,1-2H3. The van der Waals surface area contributed by atoms with Crippen molar-refractivity contribution < 1.29 is 18.4 Å². The summed E-state index contributed by atoms with van der Waals surface area (Å²) in [6, 6.07) is 3.88. The second-order valence-electron chi connectivity index (χ2n) is 5.70. The molecule has 1 saturated heterocycles. The minimum Gasteiger partial charge on any atom is -0.388 e. The molecule has 0 amide bonds. The van der Waals surface area contributed by atoms with Crippen LogP contribution < -0.4 is 4.90 Å². The van der Waals surface area contributed by atoms with Crippen molar-refractivity contribution in [3.63, 3.8) is 0 Å². The van der Waals surface area contributed by atoms with E-state index in [4.69, 9.17) is 0 Å². The summed E-state index contributed by atoms with van der Waals surface area (Å²) < 4.78 is 23.0. The molecule has 1 heterocycles. The summed E-state index contributed by atoms with van der Waals surface area (Å²) in [5.74, 6) is 0. The highest BCUT2D eigenvalue weighted by Gasteiger charge is 2.32. The fourth-order valence-electron chi connectivity index (χ4n) is 2.57. The quantitative estimate of drug-likeness (QED) is 0.667. The van der Waals surface area contributed by atoms with Crippen molar-refractivity contribution in [2.24, 2.45) is 0 Å². The molecule has 0 spiro atoms. The minimum absolute atomic E-state index is 0.0817. The molecule has 21 heavy (non-hydrogen) atoms. The Morgan fingerprint density at radius 3 is 2.62 bits per heavy atom. The molecule has 0 saturated carbocycles. The van der Waals surface area contributed by atoms with E-state index in [2.05, 4.69) is 0 Å². The van der Waals surface area contributed by atoms with Crippen LogP contribution >= 0.6 is 0 Å². The second kappa shape index (κ2) is 5.27. The number of anilines is 1. The highest BCUT2D eigenvalue weighted by molar-refractivity contribution is 7.90. The lowest BCUT2D eigenvalue weighted by Crippen LogP contribution is -2.46. The Bertz CT molecular complexity index is 669. The Morgan fingerprint density at radius 2 is 2.10 bits per heavy atom. The number of benzene rings is 1. The zero-order valence-corrected chi connectivity index (χ0v) is 12.8. The SMILES string of the molecule is CC1(O)CCCN(c2ccc(S(C)(=O)=O)cc2[N+](=O)[O-])C1. The first kappa shape index (κ1) is 15.7. The molecule has 1 aromatic carbocycles. The Kier molecular flexibility index (Phi) is 3.94. The van der Waals surface area contributed by atoms with E-state index in [1.807, 2.05) is 0 Å². The van der Waals surface area contributed by atoms with E-state index >= 15 is 0 Å². The van der Waals surface area contributed by atoms with Gasteiger partial charge in [0.15, 0.2) is 9.84 Å². The van der Waals surface area contributed by atoms with Crippen LogP contribution in [0, 0.1) is 10.1 Å². The first-order valence-corrected chi connectivity index (χ1v) is 8.45. The van der Waals surface area contributed by atoms with Crippen LogP contribution in [0.5, 0.6) is 0 Å². The van der Waals surface area contributed by atoms with Gasteiger partial charge >= 0.3 is 0 Å². The van der Waals surface area contributed by atoms with E-state index < -0.39 is 20.4 Å². The van der Waals surface area contributed by atoms with Gasteiger partial charge in [0.05, 0.1) is 15.4 Å². The minimum atomic E-state index is -3.50. The number of hydrogen-bond donors (Lipinski definition) is 1. The average molecular weight is 314 g/mol. The third-order valence-corrected chi connectivity index (χ3v) is 4.70. The summed E-state index contributed by atoms with van der Waals surface area (Å²) in [4.78, 5) is 12.3. The van der Waals surface area contributed by atoms with Crippen LogP contribution in [0.2, 0.25) is 0 Å². The number of hydrogen-bond acceptors (Lipinski definition) is 6. The van der Waals surface area contributed by atoms with Gasteiger partial charge in [-0.2, -0.15) is 0 Å². The average Bonchev–Trinajstić information content (AvgIpc) is 2.35. The first-order valence-electron chi connectivity index (χ1n) is 6.56. The van der Waals surface area contributed by atoms with E-state index in [9.17, 15) is 23.6 Å². The predicted molar refractivity (Wildman–Crippen MR) is 78.3 cm³/mol. The lowest BCUT2D eigenvalue weighted by molar-refractivity contribution is -0.384. The Balaban J connectivity index is 2.46. The number of β-amino-alcohol motifs (C(OH)–C–C–N with tert-alkyl or cyclic N) is 1. The van der Waals surface area contributed by atoms with E-state index in [0.29, 0.717) is 18.7 Å². The van der Waals surface area contributed by atoms with Gasteiger partial charge in [-0.3, -0.25) is 10.1 Å². The van der Waals surface area contributed by atoms with Crippen LogP contribution in [-0.2, 0) is 9.84 Å². The van der Waals surface area contributed by atoms with E-state index in [0.717, 1.165) is 18.7 Å². The maximum atomic E-state index is 11.5. The molecule has 1 aliphatic rings. The molecular weight excluding hydrogens is 296 g/mol. The molecule has 1 unspecified atom stereocenters. The number of nitrogens with zero attached hydrogens (tertiary/aromatic N) is 2. The molecule has 116 valence electrons. The lowest BCUT2D eigenvalue weighted by atomic mass is 9.94. The van der Waals surface area contributed by atoms with Gasteiger partial charge in [-0.05, 0) is 31.9 Å². The van der Waals surface area contributed by atoms with Gasteiger partial charge in [-0.15, -0.1) is 0 Å². The number of aliphatic hydroxyl groups is 1. The van der Waals surface area contributed by atoms with Crippen LogP contribution in [0.4, 0.5) is 11.4 Å². The number of rotatable bonds is 3. The molecule has 2 rings (SSSR count). The van der Waals surface area contributed by atoms with Crippen LogP contribution in [0.25, 0.3) is 0 Å². The second-order valence-corrected chi connectivity index (χ2v) is 7.72. The van der Waals surface area contributed by atoms with Crippen molar-refractivity contribution >= 4 is 21.2 Å². The van der Waals surface area contributed by atoms with E-state index in [1.165, 1.54) is 12.1 Å². The van der Waals surface area contributed by atoms with E-state index in [1.54, 1.807) is 11.8 Å². The molecule has 8 heteroatoms. The molecule has 0 bridgehead atoms. The van der Waals surface area contributed by atoms with Gasteiger partial charge in [0.2, 0.25) is 0 Å². The first-order chi connectivity index (χ1) is 9.60. The molecule has 1 fully saturated rings. The molecule has 1 atom stereocenters. The van der Waals surface area contributed by atoms with Gasteiger partial charge in [-0.25, -0.2) is 8.42 Å².